The zero-order chi connectivity index (χ0) is 12.4. The first-order valence-corrected chi connectivity index (χ1v) is 5.74. The number of carbonyl (C=O) groups is 1. The Morgan fingerprint density at radius 1 is 1.41 bits per heavy atom. The lowest BCUT2D eigenvalue weighted by atomic mass is 9.96. The van der Waals surface area contributed by atoms with E-state index in [9.17, 15) is 13.6 Å². The SMILES string of the molecule is O=C1COC(c2cc(F)ccc2F)C(NP)C1. The molecule has 0 amide bonds. The minimum atomic E-state index is -0.652. The molecule has 3 nitrogen and oxygen atoms in total. The Morgan fingerprint density at radius 3 is 2.88 bits per heavy atom. The van der Waals surface area contributed by atoms with Gasteiger partial charge in [0, 0.05) is 18.0 Å². The molecular weight excluding hydrogens is 247 g/mol. The highest BCUT2D eigenvalue weighted by atomic mass is 31.0. The van der Waals surface area contributed by atoms with E-state index in [0.717, 1.165) is 18.2 Å². The van der Waals surface area contributed by atoms with Crippen molar-refractivity contribution in [1.29, 1.82) is 0 Å². The van der Waals surface area contributed by atoms with Crippen LogP contribution in [0.25, 0.3) is 0 Å². The van der Waals surface area contributed by atoms with E-state index in [0.29, 0.717) is 0 Å². The fraction of sp³-hybridized carbons (Fsp3) is 0.364. The third-order valence-electron chi connectivity index (χ3n) is 2.72. The van der Waals surface area contributed by atoms with Crippen molar-refractivity contribution in [3.63, 3.8) is 0 Å². The van der Waals surface area contributed by atoms with Crippen LogP contribution in [0.1, 0.15) is 18.1 Å². The Hall–Kier alpha value is -0.900. The van der Waals surface area contributed by atoms with Crippen LogP contribution in [0.2, 0.25) is 0 Å². The van der Waals surface area contributed by atoms with Crippen LogP contribution in [-0.2, 0) is 9.53 Å². The summed E-state index contributed by atoms with van der Waals surface area (Å²) in [6.45, 7) is -0.0660. The zero-order valence-corrected chi connectivity index (χ0v) is 10.1. The molecule has 0 aromatic heterocycles. The summed E-state index contributed by atoms with van der Waals surface area (Å²) in [6, 6.07) is 2.85. The maximum Gasteiger partial charge on any atom is 0.160 e. The number of carbonyl (C=O) groups excluding carboxylic acids is 1. The van der Waals surface area contributed by atoms with Crippen LogP contribution in [0.15, 0.2) is 18.2 Å². The topological polar surface area (TPSA) is 38.3 Å². The van der Waals surface area contributed by atoms with Crippen molar-refractivity contribution in [2.75, 3.05) is 6.61 Å². The number of Topliss-reactive ketones (excluding diaryl/α,β-unsaturated/α-hetero) is 1. The van der Waals surface area contributed by atoms with E-state index < -0.39 is 17.7 Å². The lowest BCUT2D eigenvalue weighted by Crippen LogP contribution is -2.39. The van der Waals surface area contributed by atoms with Crippen molar-refractivity contribution < 1.29 is 18.3 Å². The number of halogens is 2. The molecule has 0 spiro atoms. The van der Waals surface area contributed by atoms with Crippen molar-refractivity contribution >= 4 is 15.2 Å². The summed E-state index contributed by atoms with van der Waals surface area (Å²) in [5.41, 5.74) is 0.137. The van der Waals surface area contributed by atoms with Gasteiger partial charge in [-0.3, -0.25) is 9.88 Å². The van der Waals surface area contributed by atoms with Crippen LogP contribution in [0, 0.1) is 11.6 Å². The van der Waals surface area contributed by atoms with Crippen molar-refractivity contribution in [2.24, 2.45) is 0 Å². The molecule has 1 aliphatic rings. The fourth-order valence-corrected chi connectivity index (χ4v) is 2.19. The number of rotatable bonds is 2. The molecule has 1 aromatic rings. The first-order chi connectivity index (χ1) is 8.11. The molecular formula is C11H12F2NO2P. The van der Waals surface area contributed by atoms with Gasteiger partial charge >= 0.3 is 0 Å². The Morgan fingerprint density at radius 2 is 2.18 bits per heavy atom. The van der Waals surface area contributed by atoms with Gasteiger partial charge < -0.3 is 4.74 Å². The number of benzene rings is 1. The Kier molecular flexibility index (Phi) is 3.82. The molecule has 0 saturated carbocycles. The van der Waals surface area contributed by atoms with E-state index >= 15 is 0 Å². The summed E-state index contributed by atoms with van der Waals surface area (Å²) < 4.78 is 32.0. The molecule has 1 N–H and O–H groups in total. The fourth-order valence-electron chi connectivity index (χ4n) is 1.90. The first kappa shape index (κ1) is 12.6. The average molecular weight is 259 g/mol. The van der Waals surface area contributed by atoms with Gasteiger partial charge in [0.05, 0.1) is 0 Å². The summed E-state index contributed by atoms with van der Waals surface area (Å²) in [7, 11) is 2.27. The highest BCUT2D eigenvalue weighted by Crippen LogP contribution is 2.30. The quantitative estimate of drug-likeness (QED) is 0.822. The predicted molar refractivity (Wildman–Crippen MR) is 61.3 cm³/mol. The van der Waals surface area contributed by atoms with Gasteiger partial charge in [0.15, 0.2) is 5.78 Å². The van der Waals surface area contributed by atoms with Gasteiger partial charge in [-0.05, 0) is 18.2 Å². The van der Waals surface area contributed by atoms with E-state index in [2.05, 4.69) is 14.5 Å². The van der Waals surface area contributed by atoms with Crippen LogP contribution in [0.4, 0.5) is 8.78 Å². The molecule has 6 heteroatoms. The molecule has 3 unspecified atom stereocenters. The molecule has 17 heavy (non-hydrogen) atoms. The molecule has 2 rings (SSSR count). The third kappa shape index (κ3) is 2.68. The van der Waals surface area contributed by atoms with Crippen molar-refractivity contribution in [3.8, 4) is 0 Å². The van der Waals surface area contributed by atoms with Gasteiger partial charge in [-0.25, -0.2) is 8.78 Å². The molecule has 0 bridgehead atoms. The minimum Gasteiger partial charge on any atom is -0.364 e. The number of ketones is 1. The van der Waals surface area contributed by atoms with Gasteiger partial charge in [-0.1, -0.05) is 9.39 Å². The maximum atomic E-state index is 13.6. The first-order valence-electron chi connectivity index (χ1n) is 5.16. The molecule has 1 fully saturated rings. The largest absolute Gasteiger partial charge is 0.364 e. The van der Waals surface area contributed by atoms with Gasteiger partial charge in [-0.15, -0.1) is 0 Å². The van der Waals surface area contributed by atoms with Crippen LogP contribution in [0.5, 0.6) is 0 Å². The van der Waals surface area contributed by atoms with E-state index in [-0.39, 0.29) is 30.4 Å². The van der Waals surface area contributed by atoms with Crippen LogP contribution >= 0.6 is 9.39 Å². The standard InChI is InChI=1S/C11H12F2NO2P/c12-6-1-2-9(13)8(3-6)11-10(14-17)4-7(15)5-16-11/h1-3,10-11,14H,4-5,17H2. The molecule has 1 aromatic carbocycles. The van der Waals surface area contributed by atoms with Gasteiger partial charge in [0.1, 0.15) is 24.3 Å². The lowest BCUT2D eigenvalue weighted by molar-refractivity contribution is -0.133. The highest BCUT2D eigenvalue weighted by molar-refractivity contribution is 7.13. The van der Waals surface area contributed by atoms with Crippen molar-refractivity contribution in [1.82, 2.24) is 5.09 Å². The van der Waals surface area contributed by atoms with Crippen molar-refractivity contribution in [3.05, 3.63) is 35.4 Å². The summed E-state index contributed by atoms with van der Waals surface area (Å²) in [6.07, 6.45) is -0.412. The number of hydrogen-bond donors (Lipinski definition) is 1. The molecule has 1 aliphatic heterocycles. The van der Waals surface area contributed by atoms with E-state index in [4.69, 9.17) is 4.74 Å². The maximum absolute atomic E-state index is 13.6. The van der Waals surface area contributed by atoms with Crippen LogP contribution in [-0.4, -0.2) is 18.4 Å². The van der Waals surface area contributed by atoms with Crippen LogP contribution in [0.3, 0.4) is 0 Å². The van der Waals surface area contributed by atoms with E-state index in [1.165, 1.54) is 0 Å². The predicted octanol–water partition coefficient (Wildman–Crippen LogP) is 1.74. The van der Waals surface area contributed by atoms with Crippen molar-refractivity contribution in [2.45, 2.75) is 18.6 Å². The van der Waals surface area contributed by atoms with Gasteiger partial charge in [0.2, 0.25) is 0 Å². The summed E-state index contributed by atoms with van der Waals surface area (Å²) in [5, 5.41) is 2.81. The lowest BCUT2D eigenvalue weighted by Gasteiger charge is -2.31. The van der Waals surface area contributed by atoms with Gasteiger partial charge in [-0.2, -0.15) is 0 Å². The second kappa shape index (κ2) is 5.17. The smallest absolute Gasteiger partial charge is 0.160 e. The normalized spacial score (nSPS) is 25.0. The average Bonchev–Trinajstić information content (AvgIpc) is 2.32. The third-order valence-corrected chi connectivity index (χ3v) is 3.14. The second-order valence-corrected chi connectivity index (χ2v) is 4.25. The molecule has 3 atom stereocenters. The van der Waals surface area contributed by atoms with Crippen LogP contribution < -0.4 is 5.09 Å². The number of ether oxygens (including phenoxy) is 1. The minimum absolute atomic E-state index is 0.0574. The molecule has 0 radical (unpaired) electrons. The Balaban J connectivity index is 2.31. The van der Waals surface area contributed by atoms with E-state index in [1.807, 2.05) is 0 Å². The number of hydrogen-bond acceptors (Lipinski definition) is 3. The molecule has 0 aliphatic carbocycles. The monoisotopic (exact) mass is 259 g/mol. The zero-order valence-electron chi connectivity index (χ0n) is 8.95. The summed E-state index contributed by atoms with van der Waals surface area (Å²) >= 11 is 0. The van der Waals surface area contributed by atoms with E-state index in [1.54, 1.807) is 0 Å². The molecule has 92 valence electrons. The summed E-state index contributed by atoms with van der Waals surface area (Å²) in [5.74, 6) is -1.11. The second-order valence-electron chi connectivity index (χ2n) is 3.91. The Bertz CT molecular complexity index is 441. The number of nitrogens with one attached hydrogen (secondary N) is 1. The molecule has 1 saturated heterocycles. The Labute approximate surface area is 99.8 Å². The highest BCUT2D eigenvalue weighted by Gasteiger charge is 2.32. The van der Waals surface area contributed by atoms with Gasteiger partial charge in [0.25, 0.3) is 0 Å². The molecule has 1 heterocycles. The summed E-state index contributed by atoms with van der Waals surface area (Å²) in [4.78, 5) is 11.2.